The van der Waals surface area contributed by atoms with Crippen LogP contribution in [0.15, 0.2) is 77.6 Å². The number of benzene rings is 3. The summed E-state index contributed by atoms with van der Waals surface area (Å²) in [4.78, 5) is 18.8. The van der Waals surface area contributed by atoms with Gasteiger partial charge in [0.05, 0.1) is 12.1 Å². The van der Waals surface area contributed by atoms with E-state index in [1.54, 1.807) is 16.8 Å². The Hall–Kier alpha value is -4.33. The molecule has 0 unspecified atom stereocenters. The van der Waals surface area contributed by atoms with Crippen molar-refractivity contribution < 1.29 is 4.39 Å². The van der Waals surface area contributed by atoms with E-state index in [-0.39, 0.29) is 11.4 Å². The van der Waals surface area contributed by atoms with Crippen molar-refractivity contribution in [2.45, 2.75) is 25.9 Å². The van der Waals surface area contributed by atoms with Crippen LogP contribution in [-0.4, -0.2) is 31.7 Å². The fourth-order valence-corrected chi connectivity index (χ4v) is 4.96. The van der Waals surface area contributed by atoms with E-state index >= 15 is 0 Å². The number of aromatic amines is 1. The molecule has 6 rings (SSSR count). The first-order chi connectivity index (χ1) is 17.1. The number of H-pyrrole nitrogens is 1. The van der Waals surface area contributed by atoms with Crippen LogP contribution in [0.4, 0.5) is 10.1 Å². The second kappa shape index (κ2) is 8.47. The number of pyridine rings is 1. The minimum absolute atomic E-state index is 0.169. The molecule has 1 N–H and O–H groups in total. The minimum Gasteiger partial charge on any atom is -0.357 e. The molecule has 5 aromatic rings. The number of aromatic nitrogens is 5. The van der Waals surface area contributed by atoms with Crippen LogP contribution >= 0.6 is 0 Å². The summed E-state index contributed by atoms with van der Waals surface area (Å²) >= 11 is 0. The highest BCUT2D eigenvalue weighted by Gasteiger charge is 2.34. The Balaban J connectivity index is 1.52. The molecule has 8 heteroatoms. The highest BCUT2D eigenvalue weighted by molar-refractivity contribution is 5.82. The number of halogens is 1. The lowest BCUT2D eigenvalue weighted by molar-refractivity contribution is 0.576. The van der Waals surface area contributed by atoms with Gasteiger partial charge in [-0.3, -0.25) is 4.79 Å². The SMILES string of the molecule is Cc1cccc2cc([C@@H](c3nnnn3Cc3ccc(F)cc3)N3CCc4ccccc43)c(=O)[nH]c12. The van der Waals surface area contributed by atoms with Crippen LogP contribution in [0.25, 0.3) is 10.9 Å². The molecule has 1 aliphatic heterocycles. The average Bonchev–Trinajstić information content (AvgIpc) is 3.50. The zero-order valence-corrected chi connectivity index (χ0v) is 19.1. The molecular formula is C27H23FN6O. The zero-order chi connectivity index (χ0) is 23.9. The van der Waals surface area contributed by atoms with Gasteiger partial charge in [-0.05, 0) is 70.1 Å². The van der Waals surface area contributed by atoms with Crippen molar-refractivity contribution in [2.75, 3.05) is 11.4 Å². The maximum absolute atomic E-state index is 13.5. The van der Waals surface area contributed by atoms with Crippen molar-refractivity contribution in [3.05, 3.63) is 117 Å². The molecule has 0 saturated heterocycles. The number of fused-ring (bicyclic) bond motifs is 2. The van der Waals surface area contributed by atoms with E-state index < -0.39 is 6.04 Å². The lowest BCUT2D eigenvalue weighted by atomic mass is 10.0. The molecule has 0 amide bonds. The molecule has 2 aromatic heterocycles. The van der Waals surface area contributed by atoms with Gasteiger partial charge in [0.25, 0.3) is 5.56 Å². The van der Waals surface area contributed by atoms with Crippen molar-refractivity contribution in [3.8, 4) is 0 Å². The molecule has 3 heterocycles. The fourth-order valence-electron chi connectivity index (χ4n) is 4.96. The summed E-state index contributed by atoms with van der Waals surface area (Å²) in [5.74, 6) is 0.263. The molecule has 7 nitrogen and oxygen atoms in total. The standard InChI is InChI=1S/C27H23FN6O/c1-17-5-4-7-20-15-22(27(35)29-24(17)20)25(33-14-13-19-6-2-3-8-23(19)33)26-30-31-32-34(26)16-18-9-11-21(28)12-10-18/h2-12,15,25H,13-14,16H2,1H3,(H,29,35)/t25-/m0/s1. The molecule has 0 radical (unpaired) electrons. The van der Waals surface area contributed by atoms with Gasteiger partial charge in [0.15, 0.2) is 5.82 Å². The van der Waals surface area contributed by atoms with E-state index in [9.17, 15) is 9.18 Å². The largest absolute Gasteiger partial charge is 0.357 e. The smallest absolute Gasteiger partial charge is 0.254 e. The molecule has 1 atom stereocenters. The Morgan fingerprint density at radius 3 is 2.74 bits per heavy atom. The van der Waals surface area contributed by atoms with E-state index in [0.29, 0.717) is 17.9 Å². The molecular weight excluding hydrogens is 443 g/mol. The van der Waals surface area contributed by atoms with E-state index in [2.05, 4.69) is 37.5 Å². The number of hydrogen-bond donors (Lipinski definition) is 1. The quantitative estimate of drug-likeness (QED) is 0.421. The zero-order valence-electron chi connectivity index (χ0n) is 19.1. The van der Waals surface area contributed by atoms with Gasteiger partial charge in [-0.15, -0.1) is 5.10 Å². The van der Waals surface area contributed by atoms with Gasteiger partial charge in [-0.25, -0.2) is 9.07 Å². The van der Waals surface area contributed by atoms with Gasteiger partial charge in [-0.2, -0.15) is 0 Å². The Bertz CT molecular complexity index is 1590. The number of nitrogens with one attached hydrogen (secondary N) is 1. The van der Waals surface area contributed by atoms with Crippen molar-refractivity contribution in [1.29, 1.82) is 0 Å². The second-order valence-corrected chi connectivity index (χ2v) is 8.89. The summed E-state index contributed by atoms with van der Waals surface area (Å²) in [6.07, 6.45) is 0.872. The van der Waals surface area contributed by atoms with E-state index in [1.165, 1.54) is 17.7 Å². The summed E-state index contributed by atoms with van der Waals surface area (Å²) < 4.78 is 15.1. The summed E-state index contributed by atoms with van der Waals surface area (Å²) in [6, 6.07) is 21.9. The van der Waals surface area contributed by atoms with E-state index in [1.807, 2.05) is 43.3 Å². The fraction of sp³-hybridized carbons (Fsp3) is 0.185. The molecule has 0 bridgehead atoms. The predicted molar refractivity (Wildman–Crippen MR) is 132 cm³/mol. The van der Waals surface area contributed by atoms with Gasteiger partial charge >= 0.3 is 0 Å². The van der Waals surface area contributed by atoms with E-state index in [4.69, 9.17) is 0 Å². The van der Waals surface area contributed by atoms with Crippen molar-refractivity contribution >= 4 is 16.6 Å². The molecule has 0 fully saturated rings. The van der Waals surface area contributed by atoms with Crippen LogP contribution < -0.4 is 10.5 Å². The number of rotatable bonds is 5. The Morgan fingerprint density at radius 1 is 1.06 bits per heavy atom. The summed E-state index contributed by atoms with van der Waals surface area (Å²) in [7, 11) is 0. The Labute approximate surface area is 200 Å². The van der Waals surface area contributed by atoms with Crippen LogP contribution in [0.2, 0.25) is 0 Å². The maximum Gasteiger partial charge on any atom is 0.254 e. The average molecular weight is 467 g/mol. The molecule has 1 aliphatic rings. The van der Waals surface area contributed by atoms with Crippen molar-refractivity contribution in [3.63, 3.8) is 0 Å². The first-order valence-electron chi connectivity index (χ1n) is 11.6. The van der Waals surface area contributed by atoms with Crippen LogP contribution in [0.3, 0.4) is 0 Å². The van der Waals surface area contributed by atoms with Gasteiger partial charge in [-0.1, -0.05) is 48.5 Å². The summed E-state index contributed by atoms with van der Waals surface area (Å²) in [5.41, 5.74) is 5.40. The molecule has 35 heavy (non-hydrogen) atoms. The van der Waals surface area contributed by atoms with Crippen molar-refractivity contribution in [2.24, 2.45) is 0 Å². The van der Waals surface area contributed by atoms with Gasteiger partial charge in [0.2, 0.25) is 0 Å². The third kappa shape index (κ3) is 3.77. The number of hydrogen-bond acceptors (Lipinski definition) is 5. The Morgan fingerprint density at radius 2 is 1.89 bits per heavy atom. The first-order valence-corrected chi connectivity index (χ1v) is 11.6. The Kier molecular flexibility index (Phi) is 5.13. The molecule has 3 aromatic carbocycles. The predicted octanol–water partition coefficient (Wildman–Crippen LogP) is 4.16. The topological polar surface area (TPSA) is 79.7 Å². The number of aryl methyl sites for hydroxylation is 1. The highest BCUT2D eigenvalue weighted by Crippen LogP contribution is 2.37. The maximum atomic E-state index is 13.5. The van der Waals surface area contributed by atoms with Gasteiger partial charge in [0, 0.05) is 17.8 Å². The molecule has 0 saturated carbocycles. The third-order valence-electron chi connectivity index (χ3n) is 6.70. The lowest BCUT2D eigenvalue weighted by Gasteiger charge is -2.29. The van der Waals surface area contributed by atoms with Gasteiger partial charge in [0.1, 0.15) is 11.9 Å². The normalized spacial score (nSPS) is 13.8. The summed E-state index contributed by atoms with van der Waals surface area (Å²) in [6.45, 7) is 3.08. The minimum atomic E-state index is -0.497. The monoisotopic (exact) mass is 466 g/mol. The van der Waals surface area contributed by atoms with Gasteiger partial charge < -0.3 is 9.88 Å². The third-order valence-corrected chi connectivity index (χ3v) is 6.70. The van der Waals surface area contributed by atoms with Crippen molar-refractivity contribution in [1.82, 2.24) is 25.2 Å². The highest BCUT2D eigenvalue weighted by atomic mass is 19.1. The lowest BCUT2D eigenvalue weighted by Crippen LogP contribution is -2.34. The number of para-hydroxylation sites is 2. The number of nitrogens with zero attached hydrogens (tertiary/aromatic N) is 5. The first kappa shape index (κ1) is 21.2. The molecule has 0 aliphatic carbocycles. The second-order valence-electron chi connectivity index (χ2n) is 8.89. The van der Waals surface area contributed by atoms with Crippen LogP contribution in [0.1, 0.15) is 34.1 Å². The van der Waals surface area contributed by atoms with E-state index in [0.717, 1.165) is 40.7 Å². The van der Waals surface area contributed by atoms with Crippen LogP contribution in [-0.2, 0) is 13.0 Å². The van der Waals surface area contributed by atoms with Crippen LogP contribution in [0.5, 0.6) is 0 Å². The molecule has 174 valence electrons. The molecule has 0 spiro atoms. The van der Waals surface area contributed by atoms with Crippen LogP contribution in [0, 0.1) is 12.7 Å². The number of tetrazole rings is 1. The summed E-state index contributed by atoms with van der Waals surface area (Å²) in [5, 5.41) is 13.6. The number of anilines is 1.